The highest BCUT2D eigenvalue weighted by Gasteiger charge is 2.50. The van der Waals surface area contributed by atoms with E-state index in [1.807, 2.05) is 20.8 Å². The molecule has 0 fully saturated rings. The van der Waals surface area contributed by atoms with Gasteiger partial charge >= 0.3 is 11.9 Å². The van der Waals surface area contributed by atoms with E-state index in [1.54, 1.807) is 6.92 Å². The summed E-state index contributed by atoms with van der Waals surface area (Å²) in [6, 6.07) is -0.316. The molecule has 0 rings (SSSR count). The maximum atomic E-state index is 12.6. The van der Waals surface area contributed by atoms with Gasteiger partial charge in [-0.25, -0.2) is 9.59 Å². The van der Waals surface area contributed by atoms with Crippen LogP contribution in [0.25, 0.3) is 0 Å². The van der Waals surface area contributed by atoms with E-state index in [2.05, 4.69) is 66.6 Å². The minimum absolute atomic E-state index is 0.175. The number of esters is 2. The molecule has 0 aliphatic carbocycles. The fraction of sp³-hybridized carbons (Fsp3) is 0.722. The van der Waals surface area contributed by atoms with Crippen LogP contribution in [-0.2, 0) is 38.1 Å². The van der Waals surface area contributed by atoms with E-state index in [-0.39, 0.29) is 60.8 Å². The summed E-state index contributed by atoms with van der Waals surface area (Å²) in [6.07, 6.45) is 4.43. The molecular weight excluding hydrogens is 585 g/mol. The van der Waals surface area contributed by atoms with Gasteiger partial charge in [-0.15, -0.1) is 0 Å². The molecule has 1 N–H and O–H groups in total. The molecule has 3 unspecified atom stereocenters. The lowest BCUT2D eigenvalue weighted by molar-refractivity contribution is -0.145. The summed E-state index contributed by atoms with van der Waals surface area (Å²) < 4.78 is 23.0. The van der Waals surface area contributed by atoms with E-state index in [4.69, 9.17) is 18.9 Å². The number of carbonyl (C=O) groups is 4. The molecule has 9 nitrogen and oxygen atoms in total. The Balaban J connectivity index is 5.83. The second kappa shape index (κ2) is 19.2. The normalized spacial score (nSPS) is 15.0. The van der Waals surface area contributed by atoms with Gasteiger partial charge in [-0.3, -0.25) is 4.79 Å². The van der Waals surface area contributed by atoms with Gasteiger partial charge in [0.1, 0.15) is 12.3 Å². The minimum atomic E-state index is -0.610. The molecule has 0 bridgehead atoms. The predicted molar refractivity (Wildman–Crippen MR) is 186 cm³/mol. The summed E-state index contributed by atoms with van der Waals surface area (Å²) in [6.45, 7) is 33.5. The topological polar surface area (TPSA) is 117 Å². The van der Waals surface area contributed by atoms with Crippen molar-refractivity contribution in [2.75, 3.05) is 33.0 Å². The van der Waals surface area contributed by atoms with E-state index < -0.39 is 28.8 Å². The molecule has 0 aliphatic heterocycles. The Morgan fingerprint density at radius 3 is 1.87 bits per heavy atom. The van der Waals surface area contributed by atoms with Crippen LogP contribution in [0.4, 0.5) is 0 Å². The number of hydrogen-bond donors (Lipinski definition) is 1. The number of allylic oxidation sites excluding steroid dienone is 1. The van der Waals surface area contributed by atoms with Crippen LogP contribution in [0.2, 0.25) is 5.31 Å². The van der Waals surface area contributed by atoms with E-state index in [0.29, 0.717) is 19.6 Å². The van der Waals surface area contributed by atoms with Crippen LogP contribution in [-0.4, -0.2) is 75.5 Å². The first-order chi connectivity index (χ1) is 21.1. The molecular formula is C36H62BNO8. The zero-order chi connectivity index (χ0) is 35.9. The van der Waals surface area contributed by atoms with Crippen molar-refractivity contribution in [1.82, 2.24) is 5.32 Å². The van der Waals surface area contributed by atoms with Gasteiger partial charge in [0.25, 0.3) is 5.91 Å². The van der Waals surface area contributed by atoms with E-state index >= 15 is 0 Å². The lowest BCUT2D eigenvalue weighted by Gasteiger charge is -2.53. The van der Waals surface area contributed by atoms with Gasteiger partial charge in [0.15, 0.2) is 6.61 Å². The van der Waals surface area contributed by atoms with Gasteiger partial charge in [-0.05, 0) is 71.5 Å². The highest BCUT2D eigenvalue weighted by Crippen LogP contribution is 2.55. The molecule has 10 heteroatoms. The van der Waals surface area contributed by atoms with E-state index in [9.17, 15) is 19.2 Å². The third-order valence-corrected chi connectivity index (χ3v) is 8.67. The number of hydrogen-bond acceptors (Lipinski definition) is 8. The highest BCUT2D eigenvalue weighted by molar-refractivity contribution is 6.76. The minimum Gasteiger partial charge on any atom is -0.455 e. The lowest BCUT2D eigenvalue weighted by Crippen LogP contribution is -2.50. The molecule has 0 spiro atoms. The quantitative estimate of drug-likeness (QED) is 0.0565. The molecule has 0 aromatic rings. The molecule has 46 heavy (non-hydrogen) atoms. The van der Waals surface area contributed by atoms with Gasteiger partial charge < -0.3 is 29.1 Å². The molecule has 0 saturated carbocycles. The zero-order valence-corrected chi connectivity index (χ0v) is 30.7. The van der Waals surface area contributed by atoms with Crippen LogP contribution in [0.15, 0.2) is 36.5 Å². The van der Waals surface area contributed by atoms with Gasteiger partial charge in [-0.2, -0.15) is 0 Å². The maximum Gasteiger partial charge on any atom is 0.333 e. The largest absolute Gasteiger partial charge is 0.455 e. The summed E-state index contributed by atoms with van der Waals surface area (Å²) >= 11 is 0. The molecule has 0 radical (unpaired) electrons. The van der Waals surface area contributed by atoms with E-state index in [0.717, 1.165) is 31.3 Å². The third-order valence-electron chi connectivity index (χ3n) is 8.67. The highest BCUT2D eigenvalue weighted by atomic mass is 16.5. The Morgan fingerprint density at radius 1 is 0.848 bits per heavy atom. The number of carbonyl (C=O) groups excluding carboxylic acids is 4. The molecule has 0 aromatic carbocycles. The molecule has 0 aliphatic rings. The van der Waals surface area contributed by atoms with Crippen molar-refractivity contribution in [2.24, 2.45) is 10.8 Å². The monoisotopic (exact) mass is 647 g/mol. The Bertz CT molecular complexity index is 1100. The lowest BCUT2D eigenvalue weighted by atomic mass is 9.52. The van der Waals surface area contributed by atoms with Crippen molar-refractivity contribution in [1.29, 1.82) is 0 Å². The predicted octanol–water partition coefficient (Wildman–Crippen LogP) is 6.26. The maximum absolute atomic E-state index is 12.6. The van der Waals surface area contributed by atoms with Gasteiger partial charge in [-0.1, -0.05) is 72.8 Å². The Kier molecular flexibility index (Phi) is 18.1. The van der Waals surface area contributed by atoms with Crippen molar-refractivity contribution in [3.05, 3.63) is 36.5 Å². The SMILES string of the molecule is C=C(C)C(=O)OCC(=O)BC(C)(C)COCC(CCCC)(CC(C)(C)OCC(C)NC(=O)COC(=O)C(=C)C)C(C)(CC)C(=C)C. The molecule has 3 atom stereocenters. The first-order valence-corrected chi connectivity index (χ1v) is 16.4. The van der Waals surface area contributed by atoms with Crippen LogP contribution < -0.4 is 5.32 Å². The number of ether oxygens (including phenoxy) is 4. The van der Waals surface area contributed by atoms with Crippen molar-refractivity contribution >= 4 is 30.8 Å². The van der Waals surface area contributed by atoms with Crippen LogP contribution in [0, 0.1) is 10.8 Å². The molecule has 0 saturated heterocycles. The molecule has 0 aromatic heterocycles. The first-order valence-electron chi connectivity index (χ1n) is 16.4. The standard InChI is InChI=1S/C36H62BNO8/c1-15-17-18-36(35(14,16-2)27(7)8,24-43-23-33(10,11)37-29(39)20-44-31(41)25(3)4)22-34(12,13)46-19-28(9)38-30(40)21-45-32(42)26(5)6/h28,37H,3,5,7,15-24H2,1-2,4,6,8-14H3,(H,38,40). The van der Waals surface area contributed by atoms with Gasteiger partial charge in [0.2, 0.25) is 7.28 Å². The Labute approximate surface area is 279 Å². The number of unbranched alkanes of at least 4 members (excludes halogenated alkanes) is 1. The third kappa shape index (κ3) is 14.8. The second-order valence-electron chi connectivity index (χ2n) is 14.7. The van der Waals surface area contributed by atoms with Crippen LogP contribution in [0.1, 0.15) is 108 Å². The van der Waals surface area contributed by atoms with Gasteiger partial charge in [0, 0.05) is 29.2 Å². The summed E-state index contributed by atoms with van der Waals surface area (Å²) in [5, 5.41) is 2.34. The van der Waals surface area contributed by atoms with E-state index in [1.165, 1.54) is 6.92 Å². The second-order valence-corrected chi connectivity index (χ2v) is 14.7. The summed E-state index contributed by atoms with van der Waals surface area (Å²) in [5.41, 5.74) is 0.180. The fourth-order valence-corrected chi connectivity index (χ4v) is 5.74. The van der Waals surface area contributed by atoms with Crippen molar-refractivity contribution < 1.29 is 38.1 Å². The molecule has 0 heterocycles. The Hall–Kier alpha value is -2.72. The van der Waals surface area contributed by atoms with Crippen molar-refractivity contribution in [3.8, 4) is 0 Å². The number of nitrogens with one attached hydrogen (secondary N) is 1. The first kappa shape index (κ1) is 43.3. The van der Waals surface area contributed by atoms with Crippen LogP contribution >= 0.6 is 0 Å². The Morgan fingerprint density at radius 2 is 1.39 bits per heavy atom. The summed E-state index contributed by atoms with van der Waals surface area (Å²) in [5.74, 6) is -1.60. The van der Waals surface area contributed by atoms with Gasteiger partial charge in [0.05, 0.1) is 18.8 Å². The molecule has 1 amide bonds. The molecule has 262 valence electrons. The number of rotatable bonds is 24. The summed E-state index contributed by atoms with van der Waals surface area (Å²) in [7, 11) is 0.203. The average Bonchev–Trinajstić information content (AvgIpc) is 2.94. The summed E-state index contributed by atoms with van der Waals surface area (Å²) in [4.78, 5) is 48.3. The van der Waals surface area contributed by atoms with Crippen molar-refractivity contribution in [3.63, 3.8) is 0 Å². The fourth-order valence-electron chi connectivity index (χ4n) is 5.74. The number of amides is 1. The zero-order valence-electron chi connectivity index (χ0n) is 30.7. The van der Waals surface area contributed by atoms with Crippen LogP contribution in [0.3, 0.4) is 0 Å². The van der Waals surface area contributed by atoms with Crippen molar-refractivity contribution in [2.45, 2.75) is 125 Å². The average molecular weight is 648 g/mol. The smallest absolute Gasteiger partial charge is 0.333 e. The van der Waals surface area contributed by atoms with Crippen LogP contribution in [0.5, 0.6) is 0 Å².